The van der Waals surface area contributed by atoms with Gasteiger partial charge in [0.05, 0.1) is 0 Å². The molecule has 2 aliphatic rings. The van der Waals surface area contributed by atoms with Gasteiger partial charge in [0.25, 0.3) is 0 Å². The predicted molar refractivity (Wildman–Crippen MR) is 127 cm³/mol. The van der Waals surface area contributed by atoms with Crippen LogP contribution in [0.3, 0.4) is 0 Å². The van der Waals surface area contributed by atoms with E-state index in [9.17, 15) is 4.79 Å². The van der Waals surface area contributed by atoms with Gasteiger partial charge in [-0.15, -0.1) is 0 Å². The third-order valence-electron chi connectivity index (χ3n) is 6.75. The van der Waals surface area contributed by atoms with E-state index in [1.54, 1.807) is 0 Å². The van der Waals surface area contributed by atoms with E-state index >= 15 is 0 Å². The lowest BCUT2D eigenvalue weighted by Gasteiger charge is -2.31. The Bertz CT molecular complexity index is 823. The van der Waals surface area contributed by atoms with E-state index in [1.807, 2.05) is 48.5 Å². The van der Waals surface area contributed by atoms with Crippen LogP contribution in [0.5, 0.6) is 5.75 Å². The van der Waals surface area contributed by atoms with E-state index < -0.39 is 0 Å². The number of halogens is 1. The molecular weight excluding hydrogens is 408 g/mol. The van der Waals surface area contributed by atoms with Gasteiger partial charge in [0, 0.05) is 18.1 Å². The highest BCUT2D eigenvalue weighted by atomic mass is 35.5. The number of hydrogen-bond donors (Lipinski definition) is 1. The van der Waals surface area contributed by atoms with Gasteiger partial charge in [-0.2, -0.15) is 0 Å². The quantitative estimate of drug-likeness (QED) is 0.542. The molecule has 2 aromatic rings. The van der Waals surface area contributed by atoms with Crippen LogP contribution in [0.1, 0.15) is 44.9 Å². The van der Waals surface area contributed by atoms with Crippen LogP contribution in [0.25, 0.3) is 11.1 Å². The largest absolute Gasteiger partial charge is 0.412 e. The maximum atomic E-state index is 12.1. The molecule has 0 spiro atoms. The maximum absolute atomic E-state index is 12.1. The molecule has 4 rings (SSSR count). The summed E-state index contributed by atoms with van der Waals surface area (Å²) in [5.41, 5.74) is 2.14. The third-order valence-corrected chi connectivity index (χ3v) is 7.00. The van der Waals surface area contributed by atoms with Crippen molar-refractivity contribution in [1.82, 2.24) is 10.2 Å². The lowest BCUT2D eigenvalue weighted by molar-refractivity contribution is 0.190. The topological polar surface area (TPSA) is 41.6 Å². The molecule has 0 unspecified atom stereocenters. The fraction of sp³-hybridized carbons (Fsp3) is 0.500. The summed E-state index contributed by atoms with van der Waals surface area (Å²) in [6.07, 6.45) is 8.69. The number of amides is 1. The first-order chi connectivity index (χ1) is 15.2. The molecule has 31 heavy (non-hydrogen) atoms. The van der Waals surface area contributed by atoms with Gasteiger partial charge in [0.15, 0.2) is 0 Å². The second-order valence-corrected chi connectivity index (χ2v) is 9.47. The second kappa shape index (κ2) is 11.0. The maximum Gasteiger partial charge on any atom is 0.412 e. The number of ether oxygens (including phenoxy) is 1. The monoisotopic (exact) mass is 440 g/mol. The van der Waals surface area contributed by atoms with Crippen LogP contribution in [0.2, 0.25) is 5.02 Å². The van der Waals surface area contributed by atoms with Gasteiger partial charge in [-0.05, 0) is 92.4 Å². The highest BCUT2D eigenvalue weighted by Crippen LogP contribution is 2.31. The number of likely N-dealkylation sites (tertiary alicyclic amines) is 1. The zero-order valence-electron chi connectivity index (χ0n) is 18.2. The van der Waals surface area contributed by atoms with Crippen LogP contribution < -0.4 is 10.1 Å². The fourth-order valence-corrected chi connectivity index (χ4v) is 5.04. The summed E-state index contributed by atoms with van der Waals surface area (Å²) in [7, 11) is 0. The van der Waals surface area contributed by atoms with E-state index in [0.29, 0.717) is 12.3 Å². The van der Waals surface area contributed by atoms with Gasteiger partial charge in [-0.1, -0.05) is 48.7 Å². The molecule has 1 aliphatic carbocycles. The van der Waals surface area contributed by atoms with Crippen molar-refractivity contribution in [2.24, 2.45) is 11.8 Å². The lowest BCUT2D eigenvalue weighted by Crippen LogP contribution is -2.31. The number of carbonyl (C=O) groups excluding carboxylic acids is 1. The average Bonchev–Trinajstić information content (AvgIpc) is 3.29. The predicted octanol–water partition coefficient (Wildman–Crippen LogP) is 6.39. The number of benzene rings is 2. The normalized spacial score (nSPS) is 21.7. The summed E-state index contributed by atoms with van der Waals surface area (Å²) >= 11 is 5.94. The minimum absolute atomic E-state index is 0.373. The first-order valence-corrected chi connectivity index (χ1v) is 12.1. The van der Waals surface area contributed by atoms with Crippen molar-refractivity contribution in [3.05, 3.63) is 53.6 Å². The summed E-state index contributed by atoms with van der Waals surface area (Å²) < 4.78 is 5.43. The van der Waals surface area contributed by atoms with Crippen molar-refractivity contribution in [2.45, 2.75) is 44.9 Å². The third kappa shape index (κ3) is 6.72. The van der Waals surface area contributed by atoms with Gasteiger partial charge >= 0.3 is 6.09 Å². The number of rotatable bonds is 7. The van der Waals surface area contributed by atoms with Gasteiger partial charge in [-0.3, -0.25) is 0 Å². The molecule has 2 fully saturated rings. The Morgan fingerprint density at radius 2 is 1.48 bits per heavy atom. The number of hydrogen-bond acceptors (Lipinski definition) is 3. The lowest BCUT2D eigenvalue weighted by atomic mass is 9.80. The molecule has 2 aromatic carbocycles. The molecule has 4 nitrogen and oxygen atoms in total. The number of nitrogens with one attached hydrogen (secondary N) is 1. The van der Waals surface area contributed by atoms with Gasteiger partial charge in [0.1, 0.15) is 5.75 Å². The average molecular weight is 441 g/mol. The molecule has 0 atom stereocenters. The van der Waals surface area contributed by atoms with Gasteiger partial charge in [-0.25, -0.2) is 4.79 Å². The zero-order chi connectivity index (χ0) is 21.5. The number of carbonyl (C=O) groups is 1. The van der Waals surface area contributed by atoms with Crippen LogP contribution >= 0.6 is 11.6 Å². The Labute approximate surface area is 190 Å². The summed E-state index contributed by atoms with van der Waals surface area (Å²) in [6, 6.07) is 15.2. The van der Waals surface area contributed by atoms with Crippen molar-refractivity contribution in [3.63, 3.8) is 0 Å². The first-order valence-electron chi connectivity index (χ1n) is 11.7. The summed E-state index contributed by atoms with van der Waals surface area (Å²) in [5.74, 6) is 2.16. The van der Waals surface area contributed by atoms with Crippen molar-refractivity contribution in [1.29, 1.82) is 0 Å². The van der Waals surface area contributed by atoms with E-state index in [1.165, 1.54) is 58.2 Å². The van der Waals surface area contributed by atoms with Crippen LogP contribution in [-0.2, 0) is 0 Å². The SMILES string of the molecule is O=C(NCCC1CCC(CN2CCCC2)CC1)Oc1ccc(-c2ccc(Cl)cc2)cc1. The zero-order valence-corrected chi connectivity index (χ0v) is 18.9. The van der Waals surface area contributed by atoms with E-state index in [2.05, 4.69) is 10.2 Å². The fourth-order valence-electron chi connectivity index (χ4n) is 4.91. The highest BCUT2D eigenvalue weighted by molar-refractivity contribution is 6.30. The van der Waals surface area contributed by atoms with Crippen molar-refractivity contribution >= 4 is 17.7 Å². The molecule has 1 saturated carbocycles. The van der Waals surface area contributed by atoms with Crippen molar-refractivity contribution < 1.29 is 9.53 Å². The van der Waals surface area contributed by atoms with Crippen molar-refractivity contribution in [2.75, 3.05) is 26.2 Å². The highest BCUT2D eigenvalue weighted by Gasteiger charge is 2.24. The summed E-state index contributed by atoms with van der Waals surface area (Å²) in [6.45, 7) is 4.59. The molecule has 0 radical (unpaired) electrons. The van der Waals surface area contributed by atoms with Crippen LogP contribution in [0.15, 0.2) is 48.5 Å². The molecule has 1 amide bonds. The molecule has 1 saturated heterocycles. The van der Waals surface area contributed by atoms with Gasteiger partial charge < -0.3 is 15.0 Å². The van der Waals surface area contributed by atoms with Gasteiger partial charge in [0.2, 0.25) is 0 Å². The first kappa shape index (κ1) is 22.2. The van der Waals surface area contributed by atoms with E-state index in [0.717, 1.165) is 34.4 Å². The summed E-state index contributed by atoms with van der Waals surface area (Å²) in [5, 5.41) is 3.63. The minimum Gasteiger partial charge on any atom is -0.410 e. The second-order valence-electron chi connectivity index (χ2n) is 9.03. The number of nitrogens with zero attached hydrogens (tertiary/aromatic N) is 1. The van der Waals surface area contributed by atoms with Crippen LogP contribution in [0.4, 0.5) is 4.79 Å². The Kier molecular flexibility index (Phi) is 7.87. The molecule has 0 aromatic heterocycles. The van der Waals surface area contributed by atoms with Crippen LogP contribution in [-0.4, -0.2) is 37.2 Å². The standard InChI is InChI=1S/C26H33ClN2O2/c27-24-11-7-22(8-12-24)23-9-13-25(14-10-23)31-26(30)28-16-15-20-3-5-21(6-4-20)19-29-17-1-2-18-29/h7-14,20-21H,1-6,15-19H2,(H,28,30). The smallest absolute Gasteiger partial charge is 0.410 e. The molecule has 166 valence electrons. The Morgan fingerprint density at radius 3 is 2.13 bits per heavy atom. The summed E-state index contributed by atoms with van der Waals surface area (Å²) in [4.78, 5) is 14.8. The minimum atomic E-state index is -0.373. The molecule has 5 heteroatoms. The van der Waals surface area contributed by atoms with Crippen molar-refractivity contribution in [3.8, 4) is 16.9 Å². The molecular formula is C26H33ClN2O2. The van der Waals surface area contributed by atoms with E-state index in [-0.39, 0.29) is 6.09 Å². The molecule has 1 aliphatic heterocycles. The molecule has 1 N–H and O–H groups in total. The Morgan fingerprint density at radius 1 is 0.903 bits per heavy atom. The Balaban J connectivity index is 1.13. The van der Waals surface area contributed by atoms with Crippen LogP contribution in [0, 0.1) is 11.8 Å². The molecule has 1 heterocycles. The Hall–Kier alpha value is -2.04. The molecule has 0 bridgehead atoms. The van der Waals surface area contributed by atoms with E-state index in [4.69, 9.17) is 16.3 Å².